The molecule has 2 aromatic heterocycles. The highest BCUT2D eigenvalue weighted by Gasteiger charge is 2.35. The van der Waals surface area contributed by atoms with Crippen molar-refractivity contribution in [1.82, 2.24) is 19.9 Å². The second-order valence-corrected chi connectivity index (χ2v) is 14.1. The molecule has 222 valence electrons. The van der Waals surface area contributed by atoms with E-state index in [-0.39, 0.29) is 27.7 Å². The summed E-state index contributed by atoms with van der Waals surface area (Å²) in [5.41, 5.74) is 2.50. The van der Waals surface area contributed by atoms with Crippen LogP contribution in [0, 0.1) is 19.7 Å². The molecular formula is C30H39FN4O5S. The molecule has 0 fully saturated rings. The van der Waals surface area contributed by atoms with E-state index < -0.39 is 23.5 Å². The van der Waals surface area contributed by atoms with Crippen LogP contribution in [0.5, 0.6) is 5.75 Å². The molecule has 3 aromatic rings. The van der Waals surface area contributed by atoms with Gasteiger partial charge in [-0.05, 0) is 59.1 Å². The van der Waals surface area contributed by atoms with Crippen LogP contribution in [0.15, 0.2) is 12.1 Å². The SMILES string of the molecule is Cc1nc2cc(C(=O)NCCSC(C)(C)C)nn2c(-c2cc(F)c3c(c2C)CCCO3)c1[C@H](OC(C)(C)C)C(=O)O. The average Bonchev–Trinajstić information content (AvgIpc) is 3.29. The zero-order chi connectivity index (χ0) is 30.3. The number of ether oxygens (including phenoxy) is 2. The van der Waals surface area contributed by atoms with Gasteiger partial charge in [-0.25, -0.2) is 18.7 Å². The van der Waals surface area contributed by atoms with Gasteiger partial charge in [-0.2, -0.15) is 16.9 Å². The highest BCUT2D eigenvalue weighted by molar-refractivity contribution is 8.00. The molecule has 1 aliphatic heterocycles. The first kappa shape index (κ1) is 30.8. The van der Waals surface area contributed by atoms with Gasteiger partial charge in [0.2, 0.25) is 0 Å². The summed E-state index contributed by atoms with van der Waals surface area (Å²) < 4.78 is 28.6. The number of rotatable bonds is 8. The first-order valence-corrected chi connectivity index (χ1v) is 14.7. The minimum atomic E-state index is -1.42. The Labute approximate surface area is 244 Å². The number of nitrogens with one attached hydrogen (secondary N) is 1. The lowest BCUT2D eigenvalue weighted by atomic mass is 9.91. The predicted octanol–water partition coefficient (Wildman–Crippen LogP) is 5.68. The number of fused-ring (bicyclic) bond motifs is 2. The smallest absolute Gasteiger partial charge is 0.337 e. The lowest BCUT2D eigenvalue weighted by molar-refractivity contribution is -0.160. The Kier molecular flexibility index (Phi) is 8.71. The third kappa shape index (κ3) is 6.83. The summed E-state index contributed by atoms with van der Waals surface area (Å²) in [6, 6.07) is 2.90. The molecule has 0 unspecified atom stereocenters. The molecule has 41 heavy (non-hydrogen) atoms. The van der Waals surface area contributed by atoms with E-state index in [1.54, 1.807) is 45.5 Å². The molecule has 0 saturated heterocycles. The molecular weight excluding hydrogens is 547 g/mol. The van der Waals surface area contributed by atoms with Crippen LogP contribution < -0.4 is 10.1 Å². The fourth-order valence-corrected chi connectivity index (χ4v) is 5.74. The number of carbonyl (C=O) groups is 2. The quantitative estimate of drug-likeness (QED) is 0.324. The maximum atomic E-state index is 15.5. The van der Waals surface area contributed by atoms with Crippen molar-refractivity contribution in [2.75, 3.05) is 18.9 Å². The van der Waals surface area contributed by atoms with Gasteiger partial charge in [0, 0.05) is 45.5 Å². The minimum absolute atomic E-state index is 0.0728. The minimum Gasteiger partial charge on any atom is -0.490 e. The predicted molar refractivity (Wildman–Crippen MR) is 157 cm³/mol. The molecule has 0 spiro atoms. The number of aliphatic carboxylic acids is 1. The lowest BCUT2D eigenvalue weighted by Gasteiger charge is -2.28. The lowest BCUT2D eigenvalue weighted by Crippen LogP contribution is -2.29. The third-order valence-electron chi connectivity index (χ3n) is 6.63. The number of aromatic nitrogens is 3. The van der Waals surface area contributed by atoms with Crippen molar-refractivity contribution in [3.05, 3.63) is 46.0 Å². The van der Waals surface area contributed by atoms with Crippen molar-refractivity contribution in [2.24, 2.45) is 0 Å². The molecule has 0 aliphatic carbocycles. The van der Waals surface area contributed by atoms with Crippen LogP contribution >= 0.6 is 11.8 Å². The van der Waals surface area contributed by atoms with E-state index in [2.05, 4.69) is 36.2 Å². The van der Waals surface area contributed by atoms with E-state index in [9.17, 15) is 14.7 Å². The fourth-order valence-electron chi connectivity index (χ4n) is 4.92. The van der Waals surface area contributed by atoms with Crippen LogP contribution in [0.1, 0.15) is 86.9 Å². The largest absolute Gasteiger partial charge is 0.490 e. The molecule has 1 amide bonds. The number of amides is 1. The molecule has 0 saturated carbocycles. The monoisotopic (exact) mass is 586 g/mol. The third-order valence-corrected chi connectivity index (χ3v) is 7.91. The van der Waals surface area contributed by atoms with Crippen LogP contribution in [0.4, 0.5) is 4.39 Å². The molecule has 1 aliphatic rings. The van der Waals surface area contributed by atoms with Crippen molar-refractivity contribution in [2.45, 2.75) is 84.7 Å². The van der Waals surface area contributed by atoms with Gasteiger partial charge in [0.05, 0.1) is 17.9 Å². The molecule has 3 heterocycles. The van der Waals surface area contributed by atoms with Gasteiger partial charge in [-0.15, -0.1) is 0 Å². The second kappa shape index (κ2) is 11.6. The van der Waals surface area contributed by atoms with Gasteiger partial charge < -0.3 is 19.9 Å². The Bertz CT molecular complexity index is 1490. The number of nitrogens with zero attached hydrogens (tertiary/aromatic N) is 3. The first-order chi connectivity index (χ1) is 19.1. The van der Waals surface area contributed by atoms with E-state index >= 15 is 4.39 Å². The highest BCUT2D eigenvalue weighted by atomic mass is 32.2. The molecule has 4 rings (SSSR count). The van der Waals surface area contributed by atoms with Gasteiger partial charge in [0.25, 0.3) is 5.91 Å². The Morgan fingerprint density at radius 1 is 1.22 bits per heavy atom. The maximum Gasteiger partial charge on any atom is 0.337 e. The Balaban J connectivity index is 1.91. The zero-order valence-electron chi connectivity index (χ0n) is 25.0. The number of carboxylic acids is 1. The van der Waals surface area contributed by atoms with E-state index in [4.69, 9.17) is 9.47 Å². The Morgan fingerprint density at radius 2 is 1.93 bits per heavy atom. The van der Waals surface area contributed by atoms with Gasteiger partial charge >= 0.3 is 5.97 Å². The summed E-state index contributed by atoms with van der Waals surface area (Å²) in [6.45, 7) is 16.1. The molecule has 9 nitrogen and oxygen atoms in total. The molecule has 2 N–H and O–H groups in total. The summed E-state index contributed by atoms with van der Waals surface area (Å²) in [4.78, 5) is 30.3. The first-order valence-electron chi connectivity index (χ1n) is 13.8. The van der Waals surface area contributed by atoms with Crippen molar-refractivity contribution in [1.29, 1.82) is 0 Å². The van der Waals surface area contributed by atoms with Crippen LogP contribution in [0.25, 0.3) is 16.9 Å². The summed E-state index contributed by atoms with van der Waals surface area (Å²) in [6.07, 6.45) is -0.0689. The average molecular weight is 587 g/mol. The molecule has 0 bridgehead atoms. The number of aryl methyl sites for hydroxylation is 1. The van der Waals surface area contributed by atoms with E-state index in [1.165, 1.54) is 10.6 Å². The molecule has 1 aromatic carbocycles. The molecule has 11 heteroatoms. The van der Waals surface area contributed by atoms with E-state index in [1.807, 2.05) is 6.92 Å². The number of thioether (sulfide) groups is 1. The van der Waals surface area contributed by atoms with Gasteiger partial charge in [0.15, 0.2) is 29.0 Å². The Hall–Kier alpha value is -3.18. The maximum absolute atomic E-state index is 15.5. The van der Waals surface area contributed by atoms with Crippen molar-refractivity contribution >= 4 is 29.3 Å². The number of halogens is 1. The summed E-state index contributed by atoms with van der Waals surface area (Å²) in [7, 11) is 0. The summed E-state index contributed by atoms with van der Waals surface area (Å²) in [5, 5.41) is 17.8. The van der Waals surface area contributed by atoms with Crippen molar-refractivity contribution < 1.29 is 28.6 Å². The Morgan fingerprint density at radius 3 is 2.56 bits per heavy atom. The normalized spacial score (nSPS) is 14.5. The number of benzene rings is 1. The van der Waals surface area contributed by atoms with E-state index in [0.717, 1.165) is 23.3 Å². The molecule has 0 radical (unpaired) electrons. The van der Waals surface area contributed by atoms with E-state index in [0.29, 0.717) is 42.2 Å². The number of carboxylic acid groups (broad SMARTS) is 1. The van der Waals surface area contributed by atoms with Crippen LogP contribution in [0.2, 0.25) is 0 Å². The van der Waals surface area contributed by atoms with Crippen molar-refractivity contribution in [3.63, 3.8) is 0 Å². The van der Waals surface area contributed by atoms with Crippen LogP contribution in [0.3, 0.4) is 0 Å². The topological polar surface area (TPSA) is 115 Å². The summed E-state index contributed by atoms with van der Waals surface area (Å²) in [5.74, 6) is -1.19. The number of carbonyl (C=O) groups excluding carboxylic acids is 1. The molecule has 1 atom stereocenters. The van der Waals surface area contributed by atoms with Crippen molar-refractivity contribution in [3.8, 4) is 17.0 Å². The van der Waals surface area contributed by atoms with Crippen LogP contribution in [-0.2, 0) is 16.0 Å². The zero-order valence-corrected chi connectivity index (χ0v) is 25.8. The van der Waals surface area contributed by atoms with Gasteiger partial charge in [-0.3, -0.25) is 4.79 Å². The van der Waals surface area contributed by atoms with Crippen LogP contribution in [-0.4, -0.2) is 60.8 Å². The number of hydrogen-bond acceptors (Lipinski definition) is 7. The van der Waals surface area contributed by atoms with Gasteiger partial charge in [0.1, 0.15) is 0 Å². The summed E-state index contributed by atoms with van der Waals surface area (Å²) >= 11 is 1.74. The number of hydrogen-bond donors (Lipinski definition) is 2. The standard InChI is InChI=1S/C30H39FN4O5S/c1-16-18-10-9-12-39-25(18)20(31)14-19(16)24-23(26(28(37)38)40-29(3,4)5)17(2)33-22-15-21(34-35(22)24)27(36)32-11-13-41-30(6,7)8/h14-15,26H,9-13H2,1-8H3,(H,32,36)(H,37,38)/t26-/m0/s1. The van der Waals surface area contributed by atoms with Gasteiger partial charge in [-0.1, -0.05) is 20.8 Å². The fraction of sp³-hybridized carbons (Fsp3) is 0.533. The highest BCUT2D eigenvalue weighted by Crippen LogP contribution is 2.41. The second-order valence-electron chi connectivity index (χ2n) is 12.2.